The quantitative estimate of drug-likeness (QED) is 0.915. The molecule has 1 saturated heterocycles. The summed E-state index contributed by atoms with van der Waals surface area (Å²) in [5.41, 5.74) is 0.135. The molecule has 1 aliphatic rings. The van der Waals surface area contributed by atoms with E-state index in [9.17, 15) is 5.11 Å². The third kappa shape index (κ3) is 2.56. The fraction of sp³-hybridized carbons (Fsp3) is 0.368. The highest BCUT2D eigenvalue weighted by molar-refractivity contribution is 5.39. The maximum absolute atomic E-state index is 11.7. The molecule has 0 aromatic heterocycles. The molecule has 2 aromatic carbocycles. The van der Waals surface area contributed by atoms with Gasteiger partial charge in [-0.2, -0.15) is 0 Å². The minimum Gasteiger partial charge on any atom is -0.379 e. The number of rotatable bonds is 3. The van der Waals surface area contributed by atoms with E-state index in [2.05, 4.69) is 5.32 Å². The summed E-state index contributed by atoms with van der Waals surface area (Å²) >= 11 is 0. The van der Waals surface area contributed by atoms with Crippen molar-refractivity contribution in [3.63, 3.8) is 0 Å². The molecule has 3 rings (SSSR count). The van der Waals surface area contributed by atoms with Gasteiger partial charge < -0.3 is 9.84 Å². The highest BCUT2D eigenvalue weighted by atomic mass is 16.5. The fourth-order valence-corrected chi connectivity index (χ4v) is 3.41. The van der Waals surface area contributed by atoms with Gasteiger partial charge in [-0.05, 0) is 31.9 Å². The van der Waals surface area contributed by atoms with Crippen LogP contribution in [0.4, 0.5) is 0 Å². The van der Waals surface area contributed by atoms with Crippen molar-refractivity contribution >= 4 is 0 Å². The van der Waals surface area contributed by atoms with Crippen molar-refractivity contribution in [1.29, 1.82) is 0 Å². The average molecular weight is 297 g/mol. The molecule has 2 aromatic rings. The molecule has 1 fully saturated rings. The molecule has 0 bridgehead atoms. The molecule has 3 heteroatoms. The number of nitrogens with one attached hydrogen (secondary N) is 1. The lowest BCUT2D eigenvalue weighted by Gasteiger charge is -2.37. The third-order valence-electron chi connectivity index (χ3n) is 4.33. The van der Waals surface area contributed by atoms with Crippen LogP contribution in [0.15, 0.2) is 60.7 Å². The van der Waals surface area contributed by atoms with E-state index < -0.39 is 11.3 Å². The molecule has 2 atom stereocenters. The van der Waals surface area contributed by atoms with Gasteiger partial charge in [0.2, 0.25) is 0 Å². The summed E-state index contributed by atoms with van der Waals surface area (Å²) in [6.45, 7) is 5.98. The zero-order chi connectivity index (χ0) is 15.8. The van der Waals surface area contributed by atoms with Crippen LogP contribution in [0, 0.1) is 0 Å². The van der Waals surface area contributed by atoms with Crippen molar-refractivity contribution in [3.05, 3.63) is 71.8 Å². The highest BCUT2D eigenvalue weighted by Gasteiger charge is 2.50. The Labute approximate surface area is 131 Å². The number of aliphatic hydroxyl groups is 1. The van der Waals surface area contributed by atoms with Gasteiger partial charge in [0.25, 0.3) is 0 Å². The van der Waals surface area contributed by atoms with E-state index >= 15 is 0 Å². The lowest BCUT2D eigenvalue weighted by atomic mass is 9.78. The second kappa shape index (κ2) is 5.51. The minimum absolute atomic E-state index is 0.111. The molecule has 0 spiro atoms. The van der Waals surface area contributed by atoms with E-state index in [4.69, 9.17) is 4.74 Å². The summed E-state index contributed by atoms with van der Waals surface area (Å²) in [5, 5.41) is 15.2. The monoisotopic (exact) mass is 297 g/mol. The molecule has 22 heavy (non-hydrogen) atoms. The summed E-state index contributed by atoms with van der Waals surface area (Å²) < 4.78 is 5.98. The SMILES string of the molecule is C[C@H]1OC(C)(C)N[C@@H]1C(O)(c1ccccc1)c1ccccc1. The Hall–Kier alpha value is -1.68. The molecule has 1 heterocycles. The standard InChI is InChI=1S/C19H23NO2/c1-14-17(20-18(2,3)22-14)19(21,15-10-6-4-7-11-15)16-12-8-5-9-13-16/h4-14,17,20-21H,1-3H3/t14-,17+/m1/s1. The molecule has 1 aliphatic heterocycles. The predicted molar refractivity (Wildman–Crippen MR) is 87.4 cm³/mol. The van der Waals surface area contributed by atoms with Gasteiger partial charge in [0, 0.05) is 0 Å². The van der Waals surface area contributed by atoms with Crippen LogP contribution in [0.3, 0.4) is 0 Å². The number of hydrogen-bond donors (Lipinski definition) is 2. The van der Waals surface area contributed by atoms with Crippen LogP contribution in [0.25, 0.3) is 0 Å². The van der Waals surface area contributed by atoms with E-state index in [-0.39, 0.29) is 12.1 Å². The van der Waals surface area contributed by atoms with Crippen LogP contribution in [-0.4, -0.2) is 23.0 Å². The van der Waals surface area contributed by atoms with Crippen molar-refractivity contribution in [3.8, 4) is 0 Å². The zero-order valence-corrected chi connectivity index (χ0v) is 13.3. The van der Waals surface area contributed by atoms with E-state index in [1.165, 1.54) is 0 Å². The van der Waals surface area contributed by atoms with Crippen LogP contribution < -0.4 is 5.32 Å². The summed E-state index contributed by atoms with van der Waals surface area (Å²) in [5.74, 6) is 0. The Kier molecular flexibility index (Phi) is 3.81. The van der Waals surface area contributed by atoms with Crippen LogP contribution in [-0.2, 0) is 10.3 Å². The molecule has 0 aliphatic carbocycles. The third-order valence-corrected chi connectivity index (χ3v) is 4.33. The molecule has 0 unspecified atom stereocenters. The summed E-state index contributed by atoms with van der Waals surface area (Å²) in [7, 11) is 0. The average Bonchev–Trinajstić information content (AvgIpc) is 2.81. The first-order valence-electron chi connectivity index (χ1n) is 7.72. The van der Waals surface area contributed by atoms with Crippen molar-refractivity contribution < 1.29 is 9.84 Å². The van der Waals surface area contributed by atoms with E-state index in [1.54, 1.807) is 0 Å². The Morgan fingerprint density at radius 3 is 1.77 bits per heavy atom. The van der Waals surface area contributed by atoms with Crippen molar-refractivity contribution in [1.82, 2.24) is 5.32 Å². The number of hydrogen-bond acceptors (Lipinski definition) is 3. The first kappa shape index (κ1) is 15.2. The molecular formula is C19H23NO2. The number of ether oxygens (including phenoxy) is 1. The Balaban J connectivity index is 2.13. The van der Waals surface area contributed by atoms with Crippen molar-refractivity contribution in [2.24, 2.45) is 0 Å². The van der Waals surface area contributed by atoms with Crippen molar-refractivity contribution in [2.45, 2.75) is 44.2 Å². The van der Waals surface area contributed by atoms with Gasteiger partial charge in [0.05, 0.1) is 12.1 Å². The van der Waals surface area contributed by atoms with Gasteiger partial charge in [-0.25, -0.2) is 0 Å². The molecule has 116 valence electrons. The van der Waals surface area contributed by atoms with Crippen LogP contribution in [0.2, 0.25) is 0 Å². The molecule has 0 saturated carbocycles. The van der Waals surface area contributed by atoms with Gasteiger partial charge in [0.1, 0.15) is 11.3 Å². The normalized spacial score (nSPS) is 24.4. The van der Waals surface area contributed by atoms with Gasteiger partial charge >= 0.3 is 0 Å². The van der Waals surface area contributed by atoms with E-state index in [0.29, 0.717) is 0 Å². The van der Waals surface area contributed by atoms with Gasteiger partial charge in [-0.3, -0.25) is 5.32 Å². The maximum Gasteiger partial charge on any atom is 0.132 e. The smallest absolute Gasteiger partial charge is 0.132 e. The van der Waals surface area contributed by atoms with Crippen LogP contribution >= 0.6 is 0 Å². The van der Waals surface area contributed by atoms with Gasteiger partial charge in [-0.15, -0.1) is 0 Å². The summed E-state index contributed by atoms with van der Waals surface area (Å²) in [4.78, 5) is 0. The molecule has 3 nitrogen and oxygen atoms in total. The Morgan fingerprint density at radius 1 is 0.955 bits per heavy atom. The Morgan fingerprint density at radius 2 is 1.41 bits per heavy atom. The second-order valence-corrected chi connectivity index (χ2v) is 6.45. The summed E-state index contributed by atoms with van der Waals surface area (Å²) in [6.07, 6.45) is -0.111. The molecule has 0 amide bonds. The largest absolute Gasteiger partial charge is 0.379 e. The second-order valence-electron chi connectivity index (χ2n) is 6.45. The topological polar surface area (TPSA) is 41.5 Å². The lowest BCUT2D eigenvalue weighted by molar-refractivity contribution is -0.0275. The first-order valence-corrected chi connectivity index (χ1v) is 7.72. The van der Waals surface area contributed by atoms with E-state index in [0.717, 1.165) is 11.1 Å². The van der Waals surface area contributed by atoms with E-state index in [1.807, 2.05) is 81.4 Å². The summed E-state index contributed by atoms with van der Waals surface area (Å²) in [6, 6.07) is 19.4. The highest BCUT2D eigenvalue weighted by Crippen LogP contribution is 2.39. The lowest BCUT2D eigenvalue weighted by Crippen LogP contribution is -2.53. The van der Waals surface area contributed by atoms with Crippen LogP contribution in [0.5, 0.6) is 0 Å². The maximum atomic E-state index is 11.7. The number of benzene rings is 2. The predicted octanol–water partition coefficient (Wildman–Crippen LogP) is 3.04. The minimum atomic E-state index is -1.14. The fourth-order valence-electron chi connectivity index (χ4n) is 3.41. The van der Waals surface area contributed by atoms with Crippen LogP contribution in [0.1, 0.15) is 31.9 Å². The van der Waals surface area contributed by atoms with Gasteiger partial charge in [0.15, 0.2) is 0 Å². The molecule has 2 N–H and O–H groups in total. The van der Waals surface area contributed by atoms with Gasteiger partial charge in [-0.1, -0.05) is 60.7 Å². The van der Waals surface area contributed by atoms with Crippen molar-refractivity contribution in [2.75, 3.05) is 0 Å². The zero-order valence-electron chi connectivity index (χ0n) is 13.3. The Bertz CT molecular complexity index is 585. The first-order chi connectivity index (χ1) is 10.4. The molecular weight excluding hydrogens is 274 g/mol. The molecule has 0 radical (unpaired) electrons.